The number of rotatable bonds is 4. The van der Waals surface area contributed by atoms with E-state index in [9.17, 15) is 0 Å². The SMILES string of the molecule is CCC1(c2nc(-c3ccc(CN)cc3)no2)CC1. The fourth-order valence-corrected chi connectivity index (χ4v) is 2.22. The van der Waals surface area contributed by atoms with Crippen molar-refractivity contribution in [2.24, 2.45) is 5.73 Å². The van der Waals surface area contributed by atoms with Crippen LogP contribution in [0, 0.1) is 0 Å². The molecule has 1 aliphatic rings. The number of hydrogen-bond acceptors (Lipinski definition) is 4. The minimum absolute atomic E-state index is 0.169. The third kappa shape index (κ3) is 1.82. The van der Waals surface area contributed by atoms with E-state index in [2.05, 4.69) is 17.1 Å². The molecule has 0 saturated heterocycles. The van der Waals surface area contributed by atoms with Crippen LogP contribution in [0.5, 0.6) is 0 Å². The highest BCUT2D eigenvalue weighted by molar-refractivity contribution is 5.54. The number of hydrogen-bond donors (Lipinski definition) is 1. The summed E-state index contributed by atoms with van der Waals surface area (Å²) in [5, 5.41) is 4.08. The molecule has 2 N–H and O–H groups in total. The molecule has 0 amide bonds. The van der Waals surface area contributed by atoms with Crippen molar-refractivity contribution in [3.63, 3.8) is 0 Å². The Hall–Kier alpha value is -1.68. The van der Waals surface area contributed by atoms with Crippen molar-refractivity contribution in [2.45, 2.75) is 38.1 Å². The van der Waals surface area contributed by atoms with Gasteiger partial charge in [0.1, 0.15) is 0 Å². The van der Waals surface area contributed by atoms with Crippen LogP contribution in [0.25, 0.3) is 11.4 Å². The van der Waals surface area contributed by atoms with Gasteiger partial charge >= 0.3 is 0 Å². The second-order valence-corrected chi connectivity index (χ2v) is 4.96. The van der Waals surface area contributed by atoms with Gasteiger partial charge in [0.2, 0.25) is 11.7 Å². The summed E-state index contributed by atoms with van der Waals surface area (Å²) in [5.41, 5.74) is 7.83. The van der Waals surface area contributed by atoms with Crippen LogP contribution in [0.2, 0.25) is 0 Å². The molecule has 0 atom stereocenters. The molecule has 1 heterocycles. The summed E-state index contributed by atoms with van der Waals surface area (Å²) < 4.78 is 5.41. The molecule has 0 aliphatic heterocycles. The number of nitrogens with two attached hydrogens (primary N) is 1. The minimum Gasteiger partial charge on any atom is -0.338 e. The Kier molecular flexibility index (Phi) is 2.67. The van der Waals surface area contributed by atoms with E-state index in [1.807, 2.05) is 24.3 Å². The lowest BCUT2D eigenvalue weighted by Gasteiger charge is -2.03. The minimum atomic E-state index is 0.169. The molecule has 1 saturated carbocycles. The summed E-state index contributed by atoms with van der Waals surface area (Å²) in [6.07, 6.45) is 3.40. The van der Waals surface area contributed by atoms with Crippen LogP contribution in [0.3, 0.4) is 0 Å². The van der Waals surface area contributed by atoms with E-state index < -0.39 is 0 Å². The molecule has 1 aliphatic carbocycles. The molecule has 94 valence electrons. The fraction of sp³-hybridized carbons (Fsp3) is 0.429. The van der Waals surface area contributed by atoms with Gasteiger partial charge in [-0.05, 0) is 24.8 Å². The smallest absolute Gasteiger partial charge is 0.233 e. The second kappa shape index (κ2) is 4.21. The van der Waals surface area contributed by atoms with Crippen molar-refractivity contribution in [2.75, 3.05) is 0 Å². The van der Waals surface area contributed by atoms with E-state index in [1.54, 1.807) is 0 Å². The summed E-state index contributed by atoms with van der Waals surface area (Å²) in [4.78, 5) is 4.53. The van der Waals surface area contributed by atoms with Crippen LogP contribution >= 0.6 is 0 Å². The lowest BCUT2D eigenvalue weighted by atomic mass is 10.0. The van der Waals surface area contributed by atoms with E-state index in [4.69, 9.17) is 10.3 Å². The van der Waals surface area contributed by atoms with Crippen LogP contribution in [0.1, 0.15) is 37.6 Å². The summed E-state index contributed by atoms with van der Waals surface area (Å²) in [7, 11) is 0. The van der Waals surface area contributed by atoms with E-state index in [1.165, 1.54) is 0 Å². The Balaban J connectivity index is 1.88. The molecule has 4 heteroatoms. The van der Waals surface area contributed by atoms with Gasteiger partial charge < -0.3 is 10.3 Å². The lowest BCUT2D eigenvalue weighted by molar-refractivity contribution is 0.341. The van der Waals surface area contributed by atoms with Gasteiger partial charge in [-0.25, -0.2) is 0 Å². The molecule has 2 aromatic rings. The molecular formula is C14H17N3O. The Bertz CT molecular complexity index is 540. The zero-order valence-electron chi connectivity index (χ0n) is 10.5. The van der Waals surface area contributed by atoms with Crippen molar-refractivity contribution in [1.82, 2.24) is 10.1 Å². The molecular weight excluding hydrogens is 226 g/mol. The largest absolute Gasteiger partial charge is 0.338 e. The zero-order chi connectivity index (χ0) is 12.6. The van der Waals surface area contributed by atoms with E-state index in [-0.39, 0.29) is 5.41 Å². The van der Waals surface area contributed by atoms with Crippen molar-refractivity contribution >= 4 is 0 Å². The molecule has 1 aromatic heterocycles. The first kappa shape index (κ1) is 11.4. The highest BCUT2D eigenvalue weighted by Gasteiger charge is 2.47. The average molecular weight is 243 g/mol. The summed E-state index contributed by atoms with van der Waals surface area (Å²) in [5.74, 6) is 1.47. The Morgan fingerprint density at radius 1 is 1.28 bits per heavy atom. The number of nitrogens with zero attached hydrogens (tertiary/aromatic N) is 2. The summed E-state index contributed by atoms with van der Waals surface area (Å²) in [6, 6.07) is 7.97. The van der Waals surface area contributed by atoms with Gasteiger partial charge in [-0.1, -0.05) is 36.3 Å². The first-order valence-electron chi connectivity index (χ1n) is 6.41. The third-order valence-electron chi connectivity index (χ3n) is 3.86. The van der Waals surface area contributed by atoms with Crippen LogP contribution in [-0.4, -0.2) is 10.1 Å². The van der Waals surface area contributed by atoms with E-state index in [0.717, 1.165) is 36.3 Å². The van der Waals surface area contributed by atoms with Gasteiger partial charge in [-0.15, -0.1) is 0 Å². The van der Waals surface area contributed by atoms with Crippen LogP contribution in [-0.2, 0) is 12.0 Å². The quantitative estimate of drug-likeness (QED) is 0.896. The normalized spacial score (nSPS) is 16.8. The van der Waals surface area contributed by atoms with Crippen molar-refractivity contribution in [3.05, 3.63) is 35.7 Å². The standard InChI is InChI=1S/C14H17N3O/c1-2-14(7-8-14)13-16-12(17-18-13)11-5-3-10(9-15)4-6-11/h3-6H,2,7-9,15H2,1H3. The number of aromatic nitrogens is 2. The molecule has 1 fully saturated rings. The molecule has 0 unspecified atom stereocenters. The Morgan fingerprint density at radius 3 is 2.56 bits per heavy atom. The monoisotopic (exact) mass is 243 g/mol. The molecule has 0 radical (unpaired) electrons. The predicted molar refractivity (Wildman–Crippen MR) is 68.8 cm³/mol. The van der Waals surface area contributed by atoms with Gasteiger partial charge in [-0.3, -0.25) is 0 Å². The highest BCUT2D eigenvalue weighted by atomic mass is 16.5. The van der Waals surface area contributed by atoms with Gasteiger partial charge in [0.05, 0.1) is 0 Å². The number of benzene rings is 1. The van der Waals surface area contributed by atoms with Gasteiger partial charge in [0, 0.05) is 17.5 Å². The van der Waals surface area contributed by atoms with Crippen LogP contribution in [0.15, 0.2) is 28.8 Å². The van der Waals surface area contributed by atoms with Crippen molar-refractivity contribution in [1.29, 1.82) is 0 Å². The molecule has 0 spiro atoms. The molecule has 4 nitrogen and oxygen atoms in total. The molecule has 18 heavy (non-hydrogen) atoms. The predicted octanol–water partition coefficient (Wildman–Crippen LogP) is 2.64. The Labute approximate surface area is 106 Å². The van der Waals surface area contributed by atoms with Crippen LogP contribution in [0.4, 0.5) is 0 Å². The third-order valence-corrected chi connectivity index (χ3v) is 3.86. The maximum Gasteiger partial charge on any atom is 0.233 e. The molecule has 0 bridgehead atoms. The average Bonchev–Trinajstić information content (AvgIpc) is 3.08. The van der Waals surface area contributed by atoms with E-state index in [0.29, 0.717) is 12.4 Å². The van der Waals surface area contributed by atoms with E-state index >= 15 is 0 Å². The Morgan fingerprint density at radius 2 is 2.00 bits per heavy atom. The van der Waals surface area contributed by atoms with Crippen molar-refractivity contribution in [3.8, 4) is 11.4 Å². The highest BCUT2D eigenvalue weighted by Crippen LogP contribution is 2.50. The molecule has 1 aromatic carbocycles. The summed E-state index contributed by atoms with van der Waals surface area (Å²) in [6.45, 7) is 2.73. The maximum absolute atomic E-state index is 5.58. The lowest BCUT2D eigenvalue weighted by Crippen LogP contribution is -2.04. The zero-order valence-corrected chi connectivity index (χ0v) is 10.5. The molecule has 3 rings (SSSR count). The first-order valence-corrected chi connectivity index (χ1v) is 6.41. The summed E-state index contributed by atoms with van der Waals surface area (Å²) >= 11 is 0. The fourth-order valence-electron chi connectivity index (χ4n) is 2.22. The second-order valence-electron chi connectivity index (χ2n) is 4.96. The first-order chi connectivity index (χ1) is 8.77. The topological polar surface area (TPSA) is 64.9 Å². The van der Waals surface area contributed by atoms with Gasteiger partial charge in [0.15, 0.2) is 0 Å². The van der Waals surface area contributed by atoms with Crippen molar-refractivity contribution < 1.29 is 4.52 Å². The maximum atomic E-state index is 5.58. The van der Waals surface area contributed by atoms with Gasteiger partial charge in [0.25, 0.3) is 0 Å². The van der Waals surface area contributed by atoms with Gasteiger partial charge in [-0.2, -0.15) is 4.98 Å². The van der Waals surface area contributed by atoms with Crippen LogP contribution < -0.4 is 5.73 Å².